The summed E-state index contributed by atoms with van der Waals surface area (Å²) in [6.45, 7) is 6.50. The second-order valence-corrected chi connectivity index (χ2v) is 6.45. The van der Waals surface area contributed by atoms with Gasteiger partial charge in [0, 0.05) is 32.2 Å². The van der Waals surface area contributed by atoms with Crippen LogP contribution in [0.3, 0.4) is 0 Å². The highest BCUT2D eigenvalue weighted by molar-refractivity contribution is 5.32. The van der Waals surface area contributed by atoms with Crippen molar-refractivity contribution in [3.63, 3.8) is 0 Å². The number of hydrogen-bond acceptors (Lipinski definition) is 5. The van der Waals surface area contributed by atoms with Crippen LogP contribution in [0.1, 0.15) is 30.1 Å². The summed E-state index contributed by atoms with van der Waals surface area (Å²) in [5, 5.41) is 19.4. The topological polar surface area (TPSA) is 59.7 Å². The molecule has 0 aromatic heterocycles. The van der Waals surface area contributed by atoms with Crippen molar-refractivity contribution in [2.75, 3.05) is 45.9 Å². The van der Waals surface area contributed by atoms with Crippen LogP contribution in [-0.4, -0.2) is 66.9 Å². The molecule has 2 aliphatic heterocycles. The summed E-state index contributed by atoms with van der Waals surface area (Å²) in [5.74, 6) is 0. The van der Waals surface area contributed by atoms with Gasteiger partial charge in [-0.25, -0.2) is 0 Å². The Hall–Kier alpha value is -1.45. The zero-order valence-corrected chi connectivity index (χ0v) is 13.5. The van der Waals surface area contributed by atoms with Gasteiger partial charge in [0.25, 0.3) is 0 Å². The number of ether oxygens (including phenoxy) is 1. The van der Waals surface area contributed by atoms with E-state index in [4.69, 9.17) is 10.00 Å². The summed E-state index contributed by atoms with van der Waals surface area (Å²) >= 11 is 0. The average Bonchev–Trinajstić information content (AvgIpc) is 3.02. The molecule has 124 valence electrons. The molecule has 0 spiro atoms. The highest BCUT2D eigenvalue weighted by atomic mass is 16.5. The fourth-order valence-electron chi connectivity index (χ4n) is 3.53. The van der Waals surface area contributed by atoms with E-state index in [1.807, 2.05) is 12.1 Å². The number of nitriles is 1. The van der Waals surface area contributed by atoms with E-state index in [0.717, 1.165) is 45.0 Å². The Morgan fingerprint density at radius 3 is 2.65 bits per heavy atom. The summed E-state index contributed by atoms with van der Waals surface area (Å²) in [7, 11) is 0. The second kappa shape index (κ2) is 7.89. The van der Waals surface area contributed by atoms with Gasteiger partial charge in [-0.2, -0.15) is 5.26 Å². The predicted molar refractivity (Wildman–Crippen MR) is 88.0 cm³/mol. The van der Waals surface area contributed by atoms with Crippen LogP contribution >= 0.6 is 0 Å². The Morgan fingerprint density at radius 2 is 1.96 bits per heavy atom. The molecule has 1 aromatic rings. The molecule has 2 saturated heterocycles. The minimum absolute atomic E-state index is 0.493. The fourth-order valence-corrected chi connectivity index (χ4v) is 3.53. The highest BCUT2D eigenvalue weighted by Gasteiger charge is 2.28. The maximum Gasteiger partial charge on any atom is 0.0991 e. The molecule has 2 fully saturated rings. The molecule has 1 aromatic carbocycles. The van der Waals surface area contributed by atoms with E-state index in [-0.39, 0.29) is 0 Å². The number of β-amino-alcohol motifs (C(OH)–C–C–N with tert-alkyl or cyclic N) is 1. The lowest BCUT2D eigenvalue weighted by Gasteiger charge is -2.33. The molecule has 3 rings (SSSR count). The smallest absolute Gasteiger partial charge is 0.0991 e. The zero-order chi connectivity index (χ0) is 16.1. The van der Waals surface area contributed by atoms with Crippen LogP contribution in [0.25, 0.3) is 0 Å². The van der Waals surface area contributed by atoms with E-state index in [0.29, 0.717) is 18.2 Å². The summed E-state index contributed by atoms with van der Waals surface area (Å²) in [4.78, 5) is 4.89. The molecular formula is C18H25N3O2. The number of benzene rings is 1. The van der Waals surface area contributed by atoms with Crippen molar-refractivity contribution in [3.05, 3.63) is 35.4 Å². The first-order chi connectivity index (χ1) is 11.3. The van der Waals surface area contributed by atoms with E-state index >= 15 is 0 Å². The van der Waals surface area contributed by atoms with Crippen molar-refractivity contribution in [2.45, 2.75) is 25.0 Å². The number of aliphatic hydroxyl groups is 1. The lowest BCUT2D eigenvalue weighted by molar-refractivity contribution is 0.0219. The number of nitrogens with zero attached hydrogens (tertiary/aromatic N) is 3. The van der Waals surface area contributed by atoms with Crippen molar-refractivity contribution in [1.29, 1.82) is 5.26 Å². The van der Waals surface area contributed by atoms with Crippen molar-refractivity contribution >= 4 is 0 Å². The number of rotatable bonds is 5. The molecule has 2 heterocycles. The molecule has 1 N–H and O–H groups in total. The number of morpholine rings is 1. The Balaban J connectivity index is 1.55. The minimum Gasteiger partial charge on any atom is -0.387 e. The van der Waals surface area contributed by atoms with Gasteiger partial charge in [-0.15, -0.1) is 0 Å². The van der Waals surface area contributed by atoms with Crippen LogP contribution in [0.5, 0.6) is 0 Å². The van der Waals surface area contributed by atoms with E-state index in [1.165, 1.54) is 12.8 Å². The van der Waals surface area contributed by atoms with Gasteiger partial charge in [0.15, 0.2) is 0 Å². The van der Waals surface area contributed by atoms with Crippen molar-refractivity contribution in [1.82, 2.24) is 9.80 Å². The van der Waals surface area contributed by atoms with Gasteiger partial charge >= 0.3 is 0 Å². The molecular weight excluding hydrogens is 290 g/mol. The van der Waals surface area contributed by atoms with E-state index < -0.39 is 6.10 Å². The summed E-state index contributed by atoms with van der Waals surface area (Å²) in [6.07, 6.45) is 1.92. The standard InChI is InChI=1S/C18H25N3O2/c19-12-15-3-5-16(6-4-15)18(22)14-21-7-1-2-17(21)13-20-8-10-23-11-9-20/h3-6,17-18,22H,1-2,7-11,13-14H2. The minimum atomic E-state index is -0.493. The Kier molecular flexibility index (Phi) is 5.63. The normalized spacial score (nSPS) is 24.4. The Bertz CT molecular complexity index is 534. The van der Waals surface area contributed by atoms with Gasteiger partial charge in [0.1, 0.15) is 0 Å². The molecule has 5 heteroatoms. The lowest BCUT2D eigenvalue weighted by atomic mass is 10.1. The molecule has 2 aliphatic rings. The molecule has 0 amide bonds. The SMILES string of the molecule is N#Cc1ccc(C(O)CN2CCCC2CN2CCOCC2)cc1. The van der Waals surface area contributed by atoms with Crippen LogP contribution in [0, 0.1) is 11.3 Å². The fraction of sp³-hybridized carbons (Fsp3) is 0.611. The molecule has 0 bridgehead atoms. The second-order valence-electron chi connectivity index (χ2n) is 6.45. The van der Waals surface area contributed by atoms with Crippen LogP contribution in [-0.2, 0) is 4.74 Å². The van der Waals surface area contributed by atoms with Gasteiger partial charge in [-0.3, -0.25) is 9.80 Å². The molecule has 0 saturated carbocycles. The first-order valence-corrected chi connectivity index (χ1v) is 8.48. The number of hydrogen-bond donors (Lipinski definition) is 1. The van der Waals surface area contributed by atoms with E-state index in [2.05, 4.69) is 15.9 Å². The van der Waals surface area contributed by atoms with Gasteiger partial charge in [-0.1, -0.05) is 12.1 Å². The molecule has 0 aliphatic carbocycles. The van der Waals surface area contributed by atoms with Gasteiger partial charge in [0.05, 0.1) is 31.0 Å². The molecule has 2 atom stereocenters. The first-order valence-electron chi connectivity index (χ1n) is 8.48. The average molecular weight is 315 g/mol. The van der Waals surface area contributed by atoms with Crippen molar-refractivity contribution in [3.8, 4) is 6.07 Å². The zero-order valence-electron chi connectivity index (χ0n) is 13.5. The molecule has 2 unspecified atom stereocenters. The maximum absolute atomic E-state index is 10.5. The summed E-state index contributed by atoms with van der Waals surface area (Å²) in [6, 6.07) is 9.90. The molecule has 23 heavy (non-hydrogen) atoms. The third-order valence-electron chi connectivity index (χ3n) is 4.90. The Morgan fingerprint density at radius 1 is 1.22 bits per heavy atom. The van der Waals surface area contributed by atoms with Crippen LogP contribution in [0.4, 0.5) is 0 Å². The predicted octanol–water partition coefficient (Wildman–Crippen LogP) is 1.39. The van der Waals surface area contributed by atoms with Crippen LogP contribution in [0.2, 0.25) is 0 Å². The third kappa shape index (κ3) is 4.30. The van der Waals surface area contributed by atoms with Crippen molar-refractivity contribution in [2.24, 2.45) is 0 Å². The van der Waals surface area contributed by atoms with Crippen molar-refractivity contribution < 1.29 is 9.84 Å². The summed E-state index contributed by atoms with van der Waals surface area (Å²) < 4.78 is 5.41. The van der Waals surface area contributed by atoms with Gasteiger partial charge < -0.3 is 9.84 Å². The number of likely N-dealkylation sites (tertiary alicyclic amines) is 1. The monoisotopic (exact) mass is 315 g/mol. The summed E-state index contributed by atoms with van der Waals surface area (Å²) in [5.41, 5.74) is 1.52. The van der Waals surface area contributed by atoms with E-state index in [1.54, 1.807) is 12.1 Å². The first kappa shape index (κ1) is 16.4. The maximum atomic E-state index is 10.5. The molecule has 5 nitrogen and oxygen atoms in total. The van der Waals surface area contributed by atoms with Gasteiger partial charge in [0.2, 0.25) is 0 Å². The van der Waals surface area contributed by atoms with E-state index in [9.17, 15) is 5.11 Å². The third-order valence-corrected chi connectivity index (χ3v) is 4.90. The van der Waals surface area contributed by atoms with Gasteiger partial charge in [-0.05, 0) is 37.1 Å². The van der Waals surface area contributed by atoms with Crippen LogP contribution < -0.4 is 0 Å². The highest BCUT2D eigenvalue weighted by Crippen LogP contribution is 2.23. The lowest BCUT2D eigenvalue weighted by Crippen LogP contribution is -2.45. The Labute approximate surface area is 138 Å². The number of aliphatic hydroxyl groups excluding tert-OH is 1. The quantitative estimate of drug-likeness (QED) is 0.890. The van der Waals surface area contributed by atoms with Crippen LogP contribution in [0.15, 0.2) is 24.3 Å². The molecule has 0 radical (unpaired) electrons. The largest absolute Gasteiger partial charge is 0.387 e.